The fraction of sp³-hybridized carbons (Fsp3) is 0.833. The molecular weight excluding hydrogens is 180 g/mol. The molecule has 0 aliphatic carbocycles. The second-order valence-corrected chi connectivity index (χ2v) is 5.16. The van der Waals surface area contributed by atoms with Crippen molar-refractivity contribution in [3.8, 4) is 12.3 Å². The predicted octanol–water partition coefficient (Wildman–Crippen LogP) is 4.22. The summed E-state index contributed by atoms with van der Waals surface area (Å²) in [5, 5.41) is 0.290. The SMILES string of the molecule is C#CCCCCCC(Cl)C(C)(C)C. The highest BCUT2D eigenvalue weighted by atomic mass is 35.5. The molecule has 0 heterocycles. The highest BCUT2D eigenvalue weighted by molar-refractivity contribution is 6.21. The van der Waals surface area contributed by atoms with E-state index in [-0.39, 0.29) is 5.41 Å². The second kappa shape index (κ2) is 6.33. The van der Waals surface area contributed by atoms with Crippen molar-refractivity contribution in [1.82, 2.24) is 0 Å². The van der Waals surface area contributed by atoms with Crippen LogP contribution in [0.4, 0.5) is 0 Å². The van der Waals surface area contributed by atoms with Crippen molar-refractivity contribution < 1.29 is 0 Å². The van der Waals surface area contributed by atoms with E-state index in [1.165, 1.54) is 12.8 Å². The zero-order chi connectivity index (χ0) is 10.3. The maximum absolute atomic E-state index is 6.23. The van der Waals surface area contributed by atoms with Crippen molar-refractivity contribution in [3.05, 3.63) is 0 Å². The number of hydrogen-bond acceptors (Lipinski definition) is 0. The van der Waals surface area contributed by atoms with Crippen LogP contribution in [0.3, 0.4) is 0 Å². The molecule has 0 saturated carbocycles. The van der Waals surface area contributed by atoms with Crippen LogP contribution in [0.25, 0.3) is 0 Å². The van der Waals surface area contributed by atoms with Gasteiger partial charge in [0.15, 0.2) is 0 Å². The Morgan fingerprint density at radius 3 is 2.31 bits per heavy atom. The molecule has 1 atom stereocenters. The molecule has 0 aliphatic heterocycles. The van der Waals surface area contributed by atoms with Gasteiger partial charge in [-0.3, -0.25) is 0 Å². The molecular formula is C12H21Cl. The van der Waals surface area contributed by atoms with Crippen molar-refractivity contribution in [2.45, 2.75) is 58.3 Å². The minimum atomic E-state index is 0.230. The normalized spacial score (nSPS) is 13.8. The minimum Gasteiger partial charge on any atom is -0.122 e. The summed E-state index contributed by atoms with van der Waals surface area (Å²) in [6.45, 7) is 6.56. The molecule has 0 fully saturated rings. The monoisotopic (exact) mass is 200 g/mol. The zero-order valence-electron chi connectivity index (χ0n) is 9.07. The van der Waals surface area contributed by atoms with Crippen LogP contribution in [-0.4, -0.2) is 5.38 Å². The lowest BCUT2D eigenvalue weighted by atomic mass is 9.88. The fourth-order valence-electron chi connectivity index (χ4n) is 1.16. The number of alkyl halides is 1. The van der Waals surface area contributed by atoms with E-state index in [0.29, 0.717) is 5.38 Å². The molecule has 0 aromatic rings. The first-order chi connectivity index (χ1) is 5.98. The van der Waals surface area contributed by atoms with E-state index in [1.54, 1.807) is 0 Å². The maximum atomic E-state index is 6.23. The van der Waals surface area contributed by atoms with Gasteiger partial charge in [-0.15, -0.1) is 23.9 Å². The van der Waals surface area contributed by atoms with E-state index in [0.717, 1.165) is 19.3 Å². The molecule has 0 radical (unpaired) electrons. The van der Waals surface area contributed by atoms with Gasteiger partial charge in [0.2, 0.25) is 0 Å². The average Bonchev–Trinajstić information content (AvgIpc) is 2.02. The lowest BCUT2D eigenvalue weighted by molar-refractivity contribution is 0.365. The van der Waals surface area contributed by atoms with Gasteiger partial charge in [0, 0.05) is 11.8 Å². The molecule has 0 amide bonds. The zero-order valence-corrected chi connectivity index (χ0v) is 9.82. The quantitative estimate of drug-likeness (QED) is 0.354. The minimum absolute atomic E-state index is 0.230. The van der Waals surface area contributed by atoms with Crippen LogP contribution in [-0.2, 0) is 0 Å². The molecule has 0 N–H and O–H groups in total. The van der Waals surface area contributed by atoms with Crippen LogP contribution < -0.4 is 0 Å². The standard InChI is InChI=1S/C12H21Cl/c1-5-6-7-8-9-10-11(13)12(2,3)4/h1,11H,6-10H2,2-4H3. The number of terminal acetylenes is 1. The van der Waals surface area contributed by atoms with Gasteiger partial charge in [-0.05, 0) is 18.3 Å². The molecule has 0 aliphatic rings. The molecule has 76 valence electrons. The van der Waals surface area contributed by atoms with Crippen LogP contribution in [0, 0.1) is 17.8 Å². The van der Waals surface area contributed by atoms with Gasteiger partial charge in [-0.25, -0.2) is 0 Å². The first kappa shape index (κ1) is 12.8. The Kier molecular flexibility index (Phi) is 6.25. The summed E-state index contributed by atoms with van der Waals surface area (Å²) < 4.78 is 0. The van der Waals surface area contributed by atoms with E-state index in [9.17, 15) is 0 Å². The van der Waals surface area contributed by atoms with Crippen molar-refractivity contribution in [3.63, 3.8) is 0 Å². The average molecular weight is 201 g/mol. The molecule has 0 aromatic carbocycles. The van der Waals surface area contributed by atoms with Gasteiger partial charge < -0.3 is 0 Å². The highest BCUT2D eigenvalue weighted by Gasteiger charge is 2.21. The molecule has 0 bridgehead atoms. The fourth-order valence-corrected chi connectivity index (χ4v) is 1.31. The summed E-state index contributed by atoms with van der Waals surface area (Å²) in [6.07, 6.45) is 10.7. The summed E-state index contributed by atoms with van der Waals surface area (Å²) in [6, 6.07) is 0. The van der Waals surface area contributed by atoms with E-state index in [2.05, 4.69) is 26.7 Å². The molecule has 0 aromatic heterocycles. The lowest BCUT2D eigenvalue weighted by Gasteiger charge is -2.24. The third-order valence-corrected chi connectivity index (χ3v) is 3.09. The predicted molar refractivity (Wildman–Crippen MR) is 61.0 cm³/mol. The Labute approximate surface area is 88.1 Å². The lowest BCUT2D eigenvalue weighted by Crippen LogP contribution is -2.20. The van der Waals surface area contributed by atoms with Crippen molar-refractivity contribution >= 4 is 11.6 Å². The van der Waals surface area contributed by atoms with Crippen LogP contribution in [0.2, 0.25) is 0 Å². The van der Waals surface area contributed by atoms with Gasteiger partial charge in [0.1, 0.15) is 0 Å². The van der Waals surface area contributed by atoms with Gasteiger partial charge in [-0.2, -0.15) is 0 Å². The summed E-state index contributed by atoms with van der Waals surface area (Å²) in [5.74, 6) is 2.65. The maximum Gasteiger partial charge on any atom is 0.0384 e. The summed E-state index contributed by atoms with van der Waals surface area (Å²) in [7, 11) is 0. The molecule has 0 spiro atoms. The smallest absolute Gasteiger partial charge is 0.0384 e. The molecule has 0 nitrogen and oxygen atoms in total. The molecule has 1 heteroatoms. The first-order valence-corrected chi connectivity index (χ1v) is 5.49. The van der Waals surface area contributed by atoms with Crippen LogP contribution >= 0.6 is 11.6 Å². The van der Waals surface area contributed by atoms with E-state index in [4.69, 9.17) is 18.0 Å². The second-order valence-electron chi connectivity index (χ2n) is 4.64. The van der Waals surface area contributed by atoms with Crippen LogP contribution in [0.5, 0.6) is 0 Å². The number of halogens is 1. The number of hydrogen-bond donors (Lipinski definition) is 0. The Balaban J connectivity index is 3.39. The van der Waals surface area contributed by atoms with Gasteiger partial charge in [0.25, 0.3) is 0 Å². The third-order valence-electron chi connectivity index (χ3n) is 2.22. The van der Waals surface area contributed by atoms with Gasteiger partial charge in [0.05, 0.1) is 0 Å². The van der Waals surface area contributed by atoms with E-state index in [1.807, 2.05) is 0 Å². The highest BCUT2D eigenvalue weighted by Crippen LogP contribution is 2.28. The number of rotatable bonds is 5. The largest absolute Gasteiger partial charge is 0.122 e. The van der Waals surface area contributed by atoms with Crippen molar-refractivity contribution in [2.75, 3.05) is 0 Å². The molecule has 13 heavy (non-hydrogen) atoms. The molecule has 0 rings (SSSR count). The van der Waals surface area contributed by atoms with E-state index >= 15 is 0 Å². The summed E-state index contributed by atoms with van der Waals surface area (Å²) in [5.41, 5.74) is 0.230. The van der Waals surface area contributed by atoms with Crippen molar-refractivity contribution in [1.29, 1.82) is 0 Å². The molecule has 1 unspecified atom stereocenters. The Hall–Kier alpha value is -0.150. The number of unbranched alkanes of at least 4 members (excludes halogenated alkanes) is 3. The third kappa shape index (κ3) is 6.96. The Morgan fingerprint density at radius 1 is 1.23 bits per heavy atom. The Bertz CT molecular complexity index is 159. The van der Waals surface area contributed by atoms with Gasteiger partial charge in [-0.1, -0.05) is 33.6 Å². The van der Waals surface area contributed by atoms with E-state index < -0.39 is 0 Å². The summed E-state index contributed by atoms with van der Waals surface area (Å²) >= 11 is 6.23. The topological polar surface area (TPSA) is 0 Å². The first-order valence-electron chi connectivity index (χ1n) is 5.06. The van der Waals surface area contributed by atoms with Gasteiger partial charge >= 0.3 is 0 Å². The molecule has 0 saturated heterocycles. The Morgan fingerprint density at radius 2 is 1.85 bits per heavy atom. The van der Waals surface area contributed by atoms with Crippen molar-refractivity contribution in [2.24, 2.45) is 5.41 Å². The summed E-state index contributed by atoms with van der Waals surface area (Å²) in [4.78, 5) is 0. The van der Waals surface area contributed by atoms with Crippen LogP contribution in [0.1, 0.15) is 52.9 Å². The van der Waals surface area contributed by atoms with Crippen LogP contribution in [0.15, 0.2) is 0 Å².